The summed E-state index contributed by atoms with van der Waals surface area (Å²) in [6.07, 6.45) is 2.36. The number of pyridine rings is 1. The lowest BCUT2D eigenvalue weighted by Gasteiger charge is -2.30. The maximum Gasteiger partial charge on any atom is 0.334 e. The Morgan fingerprint density at radius 2 is 1.57 bits per heavy atom. The first kappa shape index (κ1) is 40.9. The van der Waals surface area contributed by atoms with Crippen LogP contribution in [0.5, 0.6) is 5.75 Å². The SMILES string of the molecule is CC(=O)N[C@H](C(=O)N[C@H](C(=O)N[C@@H](CC(C)C)C(=O)N[C@@H](C[C@@H]1CCNC1=O)C(=O)Oc1cncc(Cl)c1)[C@@H](C)OCc1ccccc1)C(C)C. The van der Waals surface area contributed by atoms with Gasteiger partial charge >= 0.3 is 5.97 Å². The first-order valence-corrected chi connectivity index (χ1v) is 17.5. The molecule has 2 aromatic rings. The smallest absolute Gasteiger partial charge is 0.334 e. The van der Waals surface area contributed by atoms with E-state index in [2.05, 4.69) is 31.6 Å². The van der Waals surface area contributed by atoms with E-state index < -0.39 is 65.8 Å². The number of ether oxygens (including phenoxy) is 2. The van der Waals surface area contributed by atoms with E-state index in [0.717, 1.165) is 5.56 Å². The van der Waals surface area contributed by atoms with Gasteiger partial charge in [-0.15, -0.1) is 0 Å². The van der Waals surface area contributed by atoms with Crippen LogP contribution < -0.4 is 31.3 Å². The zero-order chi connectivity index (χ0) is 37.7. The Morgan fingerprint density at radius 3 is 2.16 bits per heavy atom. The molecule has 51 heavy (non-hydrogen) atoms. The van der Waals surface area contributed by atoms with E-state index in [4.69, 9.17) is 21.1 Å². The summed E-state index contributed by atoms with van der Waals surface area (Å²) in [5.74, 6) is -4.41. The van der Waals surface area contributed by atoms with Gasteiger partial charge in [0.15, 0.2) is 5.75 Å². The van der Waals surface area contributed by atoms with Crippen LogP contribution in [0.2, 0.25) is 5.02 Å². The first-order valence-electron chi connectivity index (χ1n) is 17.1. The summed E-state index contributed by atoms with van der Waals surface area (Å²) in [6.45, 7) is 10.7. The summed E-state index contributed by atoms with van der Waals surface area (Å²) in [5.41, 5.74) is 0.840. The maximum atomic E-state index is 14.0. The van der Waals surface area contributed by atoms with Crippen molar-refractivity contribution in [2.24, 2.45) is 17.8 Å². The van der Waals surface area contributed by atoms with E-state index in [9.17, 15) is 28.8 Å². The van der Waals surface area contributed by atoms with Gasteiger partial charge in [-0.2, -0.15) is 0 Å². The zero-order valence-corrected chi connectivity index (χ0v) is 30.6. The van der Waals surface area contributed by atoms with E-state index in [-0.39, 0.29) is 48.0 Å². The first-order chi connectivity index (χ1) is 24.1. The summed E-state index contributed by atoms with van der Waals surface area (Å²) < 4.78 is 11.5. The molecular weight excluding hydrogens is 680 g/mol. The molecule has 2 heterocycles. The Hall–Kier alpha value is -4.56. The lowest BCUT2D eigenvalue weighted by molar-refractivity contribution is -0.141. The molecule has 15 heteroatoms. The van der Waals surface area contributed by atoms with Crippen molar-refractivity contribution in [2.45, 2.75) is 97.7 Å². The number of benzene rings is 1. The number of hydrogen-bond donors (Lipinski definition) is 5. The van der Waals surface area contributed by atoms with Gasteiger partial charge in [0.25, 0.3) is 0 Å². The number of nitrogens with one attached hydrogen (secondary N) is 5. The van der Waals surface area contributed by atoms with Crippen molar-refractivity contribution < 1.29 is 38.2 Å². The van der Waals surface area contributed by atoms with Crippen molar-refractivity contribution in [3.8, 4) is 5.75 Å². The Bertz CT molecular complexity index is 1520. The van der Waals surface area contributed by atoms with Crippen LogP contribution in [0.15, 0.2) is 48.8 Å². The third kappa shape index (κ3) is 13.3. The van der Waals surface area contributed by atoms with Gasteiger partial charge in [-0.05, 0) is 43.6 Å². The predicted molar refractivity (Wildman–Crippen MR) is 189 cm³/mol. The standard InChI is InChI=1S/C36H49ClN6O8/c1-20(2)14-28(33(46)42-29(15-25-12-13-39-32(25)45)36(49)51-27-16-26(37)17-38-18-27)41-35(48)31(22(5)50-19-24-10-8-7-9-11-24)43-34(47)30(21(3)4)40-23(6)44/h7-11,16-18,20-22,25,28-31H,12-15,19H2,1-6H3,(H,39,45)(H,40,44)(H,41,48)(H,42,46)(H,43,47)/t22-,25+,28+,29+,30+,31+/m1/s1. The highest BCUT2D eigenvalue weighted by atomic mass is 35.5. The highest BCUT2D eigenvalue weighted by molar-refractivity contribution is 6.30. The van der Waals surface area contributed by atoms with Crippen molar-refractivity contribution in [3.63, 3.8) is 0 Å². The maximum absolute atomic E-state index is 14.0. The van der Waals surface area contributed by atoms with Gasteiger partial charge in [0.2, 0.25) is 29.5 Å². The van der Waals surface area contributed by atoms with Crippen LogP contribution in [0.25, 0.3) is 0 Å². The molecule has 0 radical (unpaired) electrons. The third-order valence-electron chi connectivity index (χ3n) is 8.24. The number of nitrogens with zero attached hydrogens (tertiary/aromatic N) is 1. The van der Waals surface area contributed by atoms with Crippen LogP contribution in [-0.4, -0.2) is 77.3 Å². The molecule has 1 fully saturated rings. The molecule has 0 bridgehead atoms. The molecular formula is C36H49ClN6O8. The highest BCUT2D eigenvalue weighted by Gasteiger charge is 2.37. The second-order valence-electron chi connectivity index (χ2n) is 13.4. The molecule has 14 nitrogen and oxygen atoms in total. The number of aromatic nitrogens is 1. The van der Waals surface area contributed by atoms with E-state index in [0.29, 0.717) is 13.0 Å². The number of rotatable bonds is 18. The average molecular weight is 729 g/mol. The van der Waals surface area contributed by atoms with Crippen molar-refractivity contribution in [1.82, 2.24) is 31.6 Å². The van der Waals surface area contributed by atoms with Crippen LogP contribution in [-0.2, 0) is 40.1 Å². The van der Waals surface area contributed by atoms with Gasteiger partial charge in [-0.3, -0.25) is 29.0 Å². The molecule has 0 saturated carbocycles. The molecule has 1 aliphatic heterocycles. The summed E-state index contributed by atoms with van der Waals surface area (Å²) in [5, 5.41) is 13.7. The summed E-state index contributed by atoms with van der Waals surface area (Å²) in [4.78, 5) is 83.0. The van der Waals surface area contributed by atoms with Crippen LogP contribution in [0, 0.1) is 17.8 Å². The van der Waals surface area contributed by atoms with Crippen molar-refractivity contribution >= 4 is 47.1 Å². The minimum absolute atomic E-state index is 0.0461. The zero-order valence-electron chi connectivity index (χ0n) is 29.9. The molecule has 3 rings (SSSR count). The molecule has 5 N–H and O–H groups in total. The molecule has 5 amide bonds. The largest absolute Gasteiger partial charge is 0.423 e. The second kappa shape index (κ2) is 19.7. The van der Waals surface area contributed by atoms with Gasteiger partial charge in [0.05, 0.1) is 23.9 Å². The fourth-order valence-corrected chi connectivity index (χ4v) is 5.70. The molecule has 1 aliphatic rings. The van der Waals surface area contributed by atoms with Crippen LogP contribution >= 0.6 is 11.6 Å². The van der Waals surface area contributed by atoms with E-state index in [1.54, 1.807) is 20.8 Å². The summed E-state index contributed by atoms with van der Waals surface area (Å²) in [6, 6.07) is 6.01. The van der Waals surface area contributed by atoms with E-state index in [1.165, 1.54) is 25.4 Å². The predicted octanol–water partition coefficient (Wildman–Crippen LogP) is 2.43. The lowest BCUT2D eigenvalue weighted by atomic mass is 9.97. The fourth-order valence-electron chi connectivity index (χ4n) is 5.53. The molecule has 0 unspecified atom stereocenters. The second-order valence-corrected chi connectivity index (χ2v) is 13.9. The minimum Gasteiger partial charge on any atom is -0.423 e. The molecule has 1 saturated heterocycles. The third-order valence-corrected chi connectivity index (χ3v) is 8.44. The number of carbonyl (C=O) groups is 6. The van der Waals surface area contributed by atoms with E-state index >= 15 is 0 Å². The quantitative estimate of drug-likeness (QED) is 0.143. The van der Waals surface area contributed by atoms with Crippen molar-refractivity contribution in [2.75, 3.05) is 6.54 Å². The van der Waals surface area contributed by atoms with Gasteiger partial charge in [-0.1, -0.05) is 69.6 Å². The number of hydrogen-bond acceptors (Lipinski definition) is 9. The van der Waals surface area contributed by atoms with Gasteiger partial charge in [0, 0.05) is 31.6 Å². The molecule has 1 aromatic carbocycles. The minimum atomic E-state index is -1.28. The number of amides is 5. The number of esters is 1. The molecule has 0 spiro atoms. The van der Waals surface area contributed by atoms with Gasteiger partial charge in [-0.25, -0.2) is 4.79 Å². The Kier molecular flexibility index (Phi) is 15.8. The highest BCUT2D eigenvalue weighted by Crippen LogP contribution is 2.20. The molecule has 0 aliphatic carbocycles. The Morgan fingerprint density at radius 1 is 0.902 bits per heavy atom. The van der Waals surface area contributed by atoms with Crippen LogP contribution in [0.4, 0.5) is 0 Å². The number of halogens is 1. The lowest BCUT2D eigenvalue weighted by Crippen LogP contribution is -2.61. The van der Waals surface area contributed by atoms with Gasteiger partial charge in [0.1, 0.15) is 24.2 Å². The Labute approximate surface area is 303 Å². The Balaban J connectivity index is 1.86. The normalized spacial score (nSPS) is 17.0. The average Bonchev–Trinajstić information content (AvgIpc) is 3.47. The molecule has 1 aromatic heterocycles. The number of carbonyl (C=O) groups excluding carboxylic acids is 6. The van der Waals surface area contributed by atoms with Crippen molar-refractivity contribution in [3.05, 3.63) is 59.4 Å². The topological polar surface area (TPSA) is 194 Å². The van der Waals surface area contributed by atoms with Crippen molar-refractivity contribution in [1.29, 1.82) is 0 Å². The van der Waals surface area contributed by atoms with E-state index in [1.807, 2.05) is 44.2 Å². The summed E-state index contributed by atoms with van der Waals surface area (Å²) >= 11 is 6.00. The van der Waals surface area contributed by atoms with Crippen LogP contribution in [0.1, 0.15) is 66.4 Å². The molecule has 6 atom stereocenters. The molecule has 278 valence electrons. The fraction of sp³-hybridized carbons (Fsp3) is 0.528. The van der Waals surface area contributed by atoms with Crippen LogP contribution in [0.3, 0.4) is 0 Å². The summed E-state index contributed by atoms with van der Waals surface area (Å²) in [7, 11) is 0. The monoisotopic (exact) mass is 728 g/mol. The van der Waals surface area contributed by atoms with Gasteiger partial charge < -0.3 is 36.1 Å².